The molecule has 1 aromatic heterocycles. The lowest BCUT2D eigenvalue weighted by atomic mass is 9.97. The fraction of sp³-hybridized carbons (Fsp3) is 0.867. The third-order valence-corrected chi connectivity index (χ3v) is 4.21. The number of nitrogens with one attached hydrogen (secondary N) is 1. The maximum Gasteiger partial charge on any atom is 0.231 e. The molecule has 5 heteroatoms. The first-order valence-electron chi connectivity index (χ1n) is 7.82. The van der Waals surface area contributed by atoms with Gasteiger partial charge in [0.1, 0.15) is 5.60 Å². The Kier molecular flexibility index (Phi) is 5.16. The van der Waals surface area contributed by atoms with E-state index in [-0.39, 0.29) is 11.5 Å². The van der Waals surface area contributed by atoms with Crippen LogP contribution in [-0.2, 0) is 10.3 Å². The molecule has 2 heterocycles. The predicted molar refractivity (Wildman–Crippen MR) is 77.6 cm³/mol. The molecule has 2 rings (SSSR count). The highest BCUT2D eigenvalue weighted by atomic mass is 16.5. The van der Waals surface area contributed by atoms with Gasteiger partial charge in [-0.3, -0.25) is 0 Å². The van der Waals surface area contributed by atoms with Gasteiger partial charge in [0.05, 0.1) is 5.92 Å². The molecule has 0 aliphatic carbocycles. The van der Waals surface area contributed by atoms with E-state index < -0.39 is 0 Å². The molecular formula is C15H27N3O2. The van der Waals surface area contributed by atoms with Crippen LogP contribution in [-0.4, -0.2) is 29.3 Å². The zero-order valence-corrected chi connectivity index (χ0v) is 13.1. The Morgan fingerprint density at radius 3 is 2.80 bits per heavy atom. The Hall–Kier alpha value is -0.940. The maximum absolute atomic E-state index is 5.78. The molecular weight excluding hydrogens is 254 g/mol. The SMILES string of the molecule is CCCNC(C)C(CC)c1nc(C2(C)CCCO2)no1. The van der Waals surface area contributed by atoms with Gasteiger partial charge in [-0.05, 0) is 46.1 Å². The number of ether oxygens (including phenoxy) is 1. The third-order valence-electron chi connectivity index (χ3n) is 4.21. The molecule has 0 radical (unpaired) electrons. The lowest BCUT2D eigenvalue weighted by molar-refractivity contribution is 0.00768. The monoisotopic (exact) mass is 281 g/mol. The maximum atomic E-state index is 5.78. The van der Waals surface area contributed by atoms with Crippen molar-refractivity contribution in [2.45, 2.75) is 70.9 Å². The van der Waals surface area contributed by atoms with E-state index in [2.05, 4.69) is 36.2 Å². The summed E-state index contributed by atoms with van der Waals surface area (Å²) in [5.74, 6) is 1.69. The van der Waals surface area contributed by atoms with Crippen molar-refractivity contribution in [3.8, 4) is 0 Å². The number of hydrogen-bond acceptors (Lipinski definition) is 5. The Morgan fingerprint density at radius 2 is 2.20 bits per heavy atom. The minimum absolute atomic E-state index is 0.257. The molecule has 0 saturated carbocycles. The van der Waals surface area contributed by atoms with Gasteiger partial charge in [-0.1, -0.05) is 19.0 Å². The first kappa shape index (κ1) is 15.4. The zero-order chi connectivity index (χ0) is 14.6. The molecule has 5 nitrogen and oxygen atoms in total. The van der Waals surface area contributed by atoms with E-state index in [0.717, 1.165) is 44.7 Å². The second-order valence-corrected chi connectivity index (χ2v) is 5.90. The smallest absolute Gasteiger partial charge is 0.231 e. The Balaban J connectivity index is 2.09. The quantitative estimate of drug-likeness (QED) is 0.832. The fourth-order valence-electron chi connectivity index (χ4n) is 2.81. The van der Waals surface area contributed by atoms with Crippen molar-refractivity contribution in [3.63, 3.8) is 0 Å². The van der Waals surface area contributed by atoms with Crippen LogP contribution in [0.4, 0.5) is 0 Å². The van der Waals surface area contributed by atoms with Crippen molar-refractivity contribution in [2.75, 3.05) is 13.2 Å². The van der Waals surface area contributed by atoms with Gasteiger partial charge in [0.15, 0.2) is 0 Å². The van der Waals surface area contributed by atoms with Crippen LogP contribution in [0.3, 0.4) is 0 Å². The number of rotatable bonds is 7. The predicted octanol–water partition coefficient (Wildman–Crippen LogP) is 2.98. The van der Waals surface area contributed by atoms with Gasteiger partial charge in [0, 0.05) is 12.6 Å². The van der Waals surface area contributed by atoms with E-state index >= 15 is 0 Å². The third kappa shape index (κ3) is 3.20. The summed E-state index contributed by atoms with van der Waals surface area (Å²) in [5, 5.41) is 7.67. The van der Waals surface area contributed by atoms with Crippen LogP contribution >= 0.6 is 0 Å². The van der Waals surface area contributed by atoms with Gasteiger partial charge in [-0.2, -0.15) is 4.98 Å². The highest BCUT2D eigenvalue weighted by molar-refractivity contribution is 5.05. The molecule has 1 aromatic rings. The van der Waals surface area contributed by atoms with Gasteiger partial charge in [0.25, 0.3) is 0 Å². The van der Waals surface area contributed by atoms with Crippen LogP contribution in [0.2, 0.25) is 0 Å². The summed E-state index contributed by atoms with van der Waals surface area (Å²) in [6.45, 7) is 10.4. The molecule has 114 valence electrons. The normalized spacial score (nSPS) is 25.8. The van der Waals surface area contributed by atoms with E-state index in [1.807, 2.05) is 6.92 Å². The largest absolute Gasteiger partial charge is 0.367 e. The zero-order valence-electron chi connectivity index (χ0n) is 13.1. The van der Waals surface area contributed by atoms with Crippen molar-refractivity contribution in [1.29, 1.82) is 0 Å². The lowest BCUT2D eigenvalue weighted by Gasteiger charge is -2.20. The first-order chi connectivity index (χ1) is 9.60. The highest BCUT2D eigenvalue weighted by Crippen LogP contribution is 2.34. The molecule has 0 bridgehead atoms. The van der Waals surface area contributed by atoms with Gasteiger partial charge >= 0.3 is 0 Å². The average molecular weight is 281 g/mol. The Bertz CT molecular complexity index is 413. The van der Waals surface area contributed by atoms with E-state index in [4.69, 9.17) is 9.26 Å². The van der Waals surface area contributed by atoms with E-state index in [1.165, 1.54) is 0 Å². The van der Waals surface area contributed by atoms with Crippen molar-refractivity contribution >= 4 is 0 Å². The van der Waals surface area contributed by atoms with E-state index in [0.29, 0.717) is 11.9 Å². The number of hydrogen-bond donors (Lipinski definition) is 1. The summed E-state index contributed by atoms with van der Waals surface area (Å²) in [7, 11) is 0. The Labute approximate surface area is 121 Å². The second-order valence-electron chi connectivity index (χ2n) is 5.90. The van der Waals surface area contributed by atoms with Crippen molar-refractivity contribution < 1.29 is 9.26 Å². The minimum Gasteiger partial charge on any atom is -0.367 e. The van der Waals surface area contributed by atoms with E-state index in [1.54, 1.807) is 0 Å². The van der Waals surface area contributed by atoms with E-state index in [9.17, 15) is 0 Å². The first-order valence-corrected chi connectivity index (χ1v) is 7.82. The summed E-state index contributed by atoms with van der Waals surface area (Å²) < 4.78 is 11.3. The number of nitrogens with zero attached hydrogens (tertiary/aromatic N) is 2. The summed E-state index contributed by atoms with van der Waals surface area (Å²) in [4.78, 5) is 4.62. The molecule has 0 aromatic carbocycles. The summed E-state index contributed by atoms with van der Waals surface area (Å²) >= 11 is 0. The molecule has 3 atom stereocenters. The van der Waals surface area contributed by atoms with Crippen LogP contribution in [0, 0.1) is 0 Å². The van der Waals surface area contributed by atoms with Crippen LogP contribution in [0.5, 0.6) is 0 Å². The molecule has 1 aliphatic rings. The molecule has 20 heavy (non-hydrogen) atoms. The van der Waals surface area contributed by atoms with Crippen molar-refractivity contribution in [2.24, 2.45) is 0 Å². The fourth-order valence-corrected chi connectivity index (χ4v) is 2.81. The topological polar surface area (TPSA) is 60.2 Å². The van der Waals surface area contributed by atoms with Gasteiger partial charge < -0.3 is 14.6 Å². The van der Waals surface area contributed by atoms with Crippen LogP contribution in [0.15, 0.2) is 4.52 Å². The minimum atomic E-state index is -0.361. The molecule has 1 aliphatic heterocycles. The molecule has 0 amide bonds. The standard InChI is InChI=1S/C15H27N3O2/c1-5-9-16-11(3)12(6-2)13-17-14(18-20-13)15(4)8-7-10-19-15/h11-12,16H,5-10H2,1-4H3. The van der Waals surface area contributed by atoms with Gasteiger partial charge in [-0.15, -0.1) is 0 Å². The van der Waals surface area contributed by atoms with Crippen molar-refractivity contribution in [3.05, 3.63) is 11.7 Å². The molecule has 0 spiro atoms. The second kappa shape index (κ2) is 6.68. The highest BCUT2D eigenvalue weighted by Gasteiger charge is 2.37. The molecule has 3 unspecified atom stereocenters. The molecule has 1 fully saturated rings. The molecule has 1 saturated heterocycles. The summed E-state index contributed by atoms with van der Waals surface area (Å²) in [6.07, 6.45) is 4.14. The van der Waals surface area contributed by atoms with Crippen molar-refractivity contribution in [1.82, 2.24) is 15.5 Å². The lowest BCUT2D eigenvalue weighted by Crippen LogP contribution is -2.32. The summed E-state index contributed by atoms with van der Waals surface area (Å²) in [6, 6.07) is 0.338. The molecule has 1 N–H and O–H groups in total. The number of aromatic nitrogens is 2. The Morgan fingerprint density at radius 1 is 1.40 bits per heavy atom. The van der Waals surface area contributed by atoms with Gasteiger partial charge in [-0.25, -0.2) is 0 Å². The van der Waals surface area contributed by atoms with Crippen LogP contribution in [0.1, 0.15) is 71.0 Å². The van der Waals surface area contributed by atoms with Gasteiger partial charge in [0.2, 0.25) is 11.7 Å². The van der Waals surface area contributed by atoms with Crippen LogP contribution in [0.25, 0.3) is 0 Å². The van der Waals surface area contributed by atoms with Crippen LogP contribution < -0.4 is 5.32 Å². The summed E-state index contributed by atoms with van der Waals surface area (Å²) in [5.41, 5.74) is -0.361. The average Bonchev–Trinajstić information content (AvgIpc) is 3.07.